The van der Waals surface area contributed by atoms with Gasteiger partial charge in [0.1, 0.15) is 11.5 Å². The predicted octanol–water partition coefficient (Wildman–Crippen LogP) is 1.30. The van der Waals surface area contributed by atoms with Crippen molar-refractivity contribution >= 4 is 11.8 Å². The van der Waals surface area contributed by atoms with Gasteiger partial charge in [0.25, 0.3) is 0 Å². The van der Waals surface area contributed by atoms with Crippen LogP contribution < -0.4 is 5.32 Å². The minimum atomic E-state index is -0.919. The normalized spacial score (nSPS) is 26.8. The molecule has 1 aliphatic carbocycles. The lowest BCUT2D eigenvalue weighted by atomic mass is 9.63. The van der Waals surface area contributed by atoms with Crippen LogP contribution in [0.1, 0.15) is 40.5 Å². The lowest BCUT2D eigenvalue weighted by molar-refractivity contribution is -0.140. The fraction of sp³-hybridized carbons (Fsp3) is 0.786. The third kappa shape index (κ3) is 3.06. The second-order valence-electron chi connectivity index (χ2n) is 5.41. The summed E-state index contributed by atoms with van der Waals surface area (Å²) < 4.78 is 0. The number of hydrogen-bond donors (Lipinski definition) is 1. The van der Waals surface area contributed by atoms with Gasteiger partial charge in [-0.1, -0.05) is 6.92 Å². The molecule has 0 bridgehead atoms. The van der Waals surface area contributed by atoms with Crippen molar-refractivity contribution in [2.24, 2.45) is 11.3 Å². The van der Waals surface area contributed by atoms with Gasteiger partial charge in [-0.2, -0.15) is 5.26 Å². The van der Waals surface area contributed by atoms with E-state index < -0.39 is 11.5 Å². The summed E-state index contributed by atoms with van der Waals surface area (Å²) in [6.45, 7) is 8.74. The number of likely N-dealkylation sites (N-methyl/N-ethyl adjacent to an activating group) is 1. The molecule has 0 aliphatic heterocycles. The molecule has 1 rings (SSSR count). The van der Waals surface area contributed by atoms with Gasteiger partial charge in [0.2, 0.25) is 11.8 Å². The molecule has 0 aromatic carbocycles. The summed E-state index contributed by atoms with van der Waals surface area (Å²) in [6, 6.07) is 1.53. The van der Waals surface area contributed by atoms with E-state index in [0.29, 0.717) is 31.8 Å². The number of nitriles is 1. The maximum absolute atomic E-state index is 12.1. The van der Waals surface area contributed by atoms with Gasteiger partial charge in [-0.25, -0.2) is 0 Å². The van der Waals surface area contributed by atoms with E-state index in [2.05, 4.69) is 11.4 Å². The number of carbonyl (C=O) groups is 2. The van der Waals surface area contributed by atoms with Crippen LogP contribution in [0.25, 0.3) is 0 Å². The van der Waals surface area contributed by atoms with Crippen molar-refractivity contribution < 1.29 is 9.59 Å². The number of hydrogen-bond acceptors (Lipinski definition) is 3. The van der Waals surface area contributed by atoms with E-state index in [-0.39, 0.29) is 11.8 Å². The van der Waals surface area contributed by atoms with Crippen molar-refractivity contribution in [1.82, 2.24) is 10.2 Å². The average molecular weight is 265 g/mol. The lowest BCUT2D eigenvalue weighted by Gasteiger charge is -2.39. The predicted molar refractivity (Wildman–Crippen MR) is 72.0 cm³/mol. The van der Waals surface area contributed by atoms with Crippen LogP contribution in [0.2, 0.25) is 0 Å². The van der Waals surface area contributed by atoms with Gasteiger partial charge < -0.3 is 10.2 Å². The molecule has 0 aromatic heterocycles. The van der Waals surface area contributed by atoms with E-state index in [0.717, 1.165) is 0 Å². The van der Waals surface area contributed by atoms with Crippen LogP contribution in [0.5, 0.6) is 0 Å². The summed E-state index contributed by atoms with van der Waals surface area (Å²) in [4.78, 5) is 25.9. The van der Waals surface area contributed by atoms with Crippen molar-refractivity contribution in [2.75, 3.05) is 13.1 Å². The van der Waals surface area contributed by atoms with Crippen LogP contribution >= 0.6 is 0 Å². The molecule has 5 nitrogen and oxygen atoms in total. The standard InChI is InChI=1S/C14H23N3O2/c1-5-17(6-2)12(18)11(4)16-13(19)14(9-15)7-10(3)8-14/h10-11H,5-8H2,1-4H3,(H,16,19). The summed E-state index contributed by atoms with van der Waals surface area (Å²) in [5, 5.41) is 11.9. The molecule has 0 spiro atoms. The lowest BCUT2D eigenvalue weighted by Crippen LogP contribution is -2.54. The Bertz CT molecular complexity index is 390. The average Bonchev–Trinajstić information content (AvgIpc) is 2.35. The summed E-state index contributed by atoms with van der Waals surface area (Å²) in [6.07, 6.45) is 1.17. The van der Waals surface area contributed by atoms with E-state index in [1.54, 1.807) is 11.8 Å². The molecule has 106 valence electrons. The van der Waals surface area contributed by atoms with Gasteiger partial charge in [-0.05, 0) is 39.5 Å². The zero-order chi connectivity index (χ0) is 14.6. The maximum Gasteiger partial charge on any atom is 0.244 e. The molecule has 0 radical (unpaired) electrons. The topological polar surface area (TPSA) is 73.2 Å². The summed E-state index contributed by atoms with van der Waals surface area (Å²) in [5.74, 6) is -0.000826. The van der Waals surface area contributed by atoms with E-state index >= 15 is 0 Å². The number of nitrogens with zero attached hydrogens (tertiary/aromatic N) is 2. The highest BCUT2D eigenvalue weighted by Crippen LogP contribution is 2.45. The fourth-order valence-electron chi connectivity index (χ4n) is 2.66. The third-order valence-electron chi connectivity index (χ3n) is 3.84. The molecule has 0 aromatic rings. The highest BCUT2D eigenvalue weighted by molar-refractivity contribution is 5.91. The number of carbonyl (C=O) groups excluding carboxylic acids is 2. The van der Waals surface area contributed by atoms with Crippen molar-refractivity contribution in [1.29, 1.82) is 5.26 Å². The van der Waals surface area contributed by atoms with Crippen molar-refractivity contribution in [3.05, 3.63) is 0 Å². The fourth-order valence-corrected chi connectivity index (χ4v) is 2.66. The van der Waals surface area contributed by atoms with E-state index in [1.165, 1.54) is 0 Å². The van der Waals surface area contributed by atoms with Gasteiger partial charge in [-0.3, -0.25) is 9.59 Å². The molecule has 1 N–H and O–H groups in total. The van der Waals surface area contributed by atoms with E-state index in [1.807, 2.05) is 20.8 Å². The Hall–Kier alpha value is -1.57. The van der Waals surface area contributed by atoms with Crippen LogP contribution in [0.3, 0.4) is 0 Å². The molecular formula is C14H23N3O2. The second kappa shape index (κ2) is 6.05. The molecule has 1 fully saturated rings. The third-order valence-corrected chi connectivity index (χ3v) is 3.84. The minimum Gasteiger partial charge on any atom is -0.343 e. The zero-order valence-corrected chi connectivity index (χ0v) is 12.2. The quantitative estimate of drug-likeness (QED) is 0.814. The smallest absolute Gasteiger partial charge is 0.244 e. The molecule has 1 atom stereocenters. The summed E-state index contributed by atoms with van der Waals surface area (Å²) in [7, 11) is 0. The van der Waals surface area contributed by atoms with Gasteiger partial charge >= 0.3 is 0 Å². The maximum atomic E-state index is 12.1. The molecule has 5 heteroatoms. The Kier molecular flexibility index (Phi) is 4.93. The second-order valence-corrected chi connectivity index (χ2v) is 5.41. The summed E-state index contributed by atoms with van der Waals surface area (Å²) >= 11 is 0. The first-order valence-corrected chi connectivity index (χ1v) is 6.91. The first-order valence-electron chi connectivity index (χ1n) is 6.91. The SMILES string of the molecule is CCN(CC)C(=O)C(C)NC(=O)C1(C#N)CC(C)C1. The van der Waals surface area contributed by atoms with Crippen LogP contribution in [-0.4, -0.2) is 35.8 Å². The van der Waals surface area contributed by atoms with Gasteiger partial charge in [0, 0.05) is 13.1 Å². The highest BCUT2D eigenvalue weighted by Gasteiger charge is 2.49. The molecule has 1 unspecified atom stereocenters. The number of rotatable bonds is 5. The number of amides is 2. The number of nitrogens with one attached hydrogen (secondary N) is 1. The molecule has 1 aliphatic rings. The van der Waals surface area contributed by atoms with Gasteiger partial charge in [0.15, 0.2) is 0 Å². The van der Waals surface area contributed by atoms with Crippen LogP contribution in [0.15, 0.2) is 0 Å². The Morgan fingerprint density at radius 1 is 1.42 bits per heavy atom. The Balaban J connectivity index is 2.62. The highest BCUT2D eigenvalue weighted by atomic mass is 16.2. The van der Waals surface area contributed by atoms with Gasteiger partial charge in [0.05, 0.1) is 6.07 Å². The molecule has 0 heterocycles. The Morgan fingerprint density at radius 2 is 1.95 bits per heavy atom. The van der Waals surface area contributed by atoms with Gasteiger partial charge in [-0.15, -0.1) is 0 Å². The monoisotopic (exact) mass is 265 g/mol. The van der Waals surface area contributed by atoms with Crippen molar-refractivity contribution in [2.45, 2.75) is 46.6 Å². The largest absolute Gasteiger partial charge is 0.343 e. The van der Waals surface area contributed by atoms with Crippen molar-refractivity contribution in [3.8, 4) is 6.07 Å². The van der Waals surface area contributed by atoms with Crippen LogP contribution in [0, 0.1) is 22.7 Å². The minimum absolute atomic E-state index is 0.0983. The Morgan fingerprint density at radius 3 is 2.32 bits per heavy atom. The van der Waals surface area contributed by atoms with E-state index in [9.17, 15) is 14.9 Å². The molecule has 0 saturated heterocycles. The summed E-state index contributed by atoms with van der Waals surface area (Å²) in [5.41, 5.74) is -0.919. The molecule has 19 heavy (non-hydrogen) atoms. The molecule has 2 amide bonds. The molecule has 1 saturated carbocycles. The zero-order valence-electron chi connectivity index (χ0n) is 12.2. The Labute approximate surface area is 115 Å². The van der Waals surface area contributed by atoms with Crippen LogP contribution in [0.4, 0.5) is 0 Å². The van der Waals surface area contributed by atoms with E-state index in [4.69, 9.17) is 0 Å². The first kappa shape index (κ1) is 15.5. The van der Waals surface area contributed by atoms with Crippen molar-refractivity contribution in [3.63, 3.8) is 0 Å². The molecular weight excluding hydrogens is 242 g/mol. The first-order chi connectivity index (χ1) is 8.90. The van der Waals surface area contributed by atoms with Crippen LogP contribution in [-0.2, 0) is 9.59 Å².